The summed E-state index contributed by atoms with van der Waals surface area (Å²) >= 11 is 6.15. The molecule has 0 spiro atoms. The van der Waals surface area contributed by atoms with E-state index in [0.29, 0.717) is 22.9 Å². The topological polar surface area (TPSA) is 88.1 Å². The van der Waals surface area contributed by atoms with Crippen LogP contribution >= 0.6 is 11.6 Å². The van der Waals surface area contributed by atoms with Gasteiger partial charge in [-0.15, -0.1) is 0 Å². The van der Waals surface area contributed by atoms with Gasteiger partial charge in [0.1, 0.15) is 24.7 Å². The van der Waals surface area contributed by atoms with Crippen LogP contribution in [0.3, 0.4) is 0 Å². The Labute approximate surface area is 231 Å². The molecule has 0 aromatic heterocycles. The first-order valence-corrected chi connectivity index (χ1v) is 13.7. The second-order valence-electron chi connectivity index (χ2n) is 8.52. The molecule has 0 saturated heterocycles. The molecule has 0 aliphatic rings. The molecule has 39 heavy (non-hydrogen) atoms. The fraction of sp³-hybridized carbons (Fsp3) is 0.103. The van der Waals surface area contributed by atoms with Crippen molar-refractivity contribution < 1.29 is 22.3 Å². The van der Waals surface area contributed by atoms with E-state index < -0.39 is 28.3 Å². The molecule has 0 saturated carbocycles. The van der Waals surface area contributed by atoms with Gasteiger partial charge in [-0.25, -0.2) is 18.2 Å². The van der Waals surface area contributed by atoms with E-state index in [1.165, 1.54) is 36.5 Å². The van der Waals surface area contributed by atoms with E-state index in [1.807, 2.05) is 25.1 Å². The lowest BCUT2D eigenvalue weighted by Gasteiger charge is -2.24. The molecule has 0 aliphatic heterocycles. The van der Waals surface area contributed by atoms with E-state index in [2.05, 4.69) is 10.5 Å². The number of hydrogen-bond donors (Lipinski definition) is 1. The van der Waals surface area contributed by atoms with Crippen LogP contribution in [0.15, 0.2) is 107 Å². The van der Waals surface area contributed by atoms with Gasteiger partial charge in [0, 0.05) is 10.6 Å². The fourth-order valence-corrected chi connectivity index (χ4v) is 5.18. The van der Waals surface area contributed by atoms with Crippen molar-refractivity contribution in [2.24, 2.45) is 5.10 Å². The number of anilines is 1. The van der Waals surface area contributed by atoms with Gasteiger partial charge in [0.25, 0.3) is 15.9 Å². The van der Waals surface area contributed by atoms with E-state index >= 15 is 0 Å². The zero-order valence-electron chi connectivity index (χ0n) is 20.9. The lowest BCUT2D eigenvalue weighted by molar-refractivity contribution is -0.119. The highest BCUT2D eigenvalue weighted by atomic mass is 35.5. The first-order valence-electron chi connectivity index (χ1n) is 11.9. The van der Waals surface area contributed by atoms with Crippen molar-refractivity contribution in [3.8, 4) is 5.75 Å². The molecule has 0 atom stereocenters. The van der Waals surface area contributed by atoms with Crippen LogP contribution < -0.4 is 14.5 Å². The molecular weight excluding hydrogens is 541 g/mol. The van der Waals surface area contributed by atoms with Crippen molar-refractivity contribution in [3.63, 3.8) is 0 Å². The number of para-hydroxylation sites is 1. The Balaban J connectivity index is 1.42. The molecule has 4 rings (SSSR count). The molecule has 4 aromatic carbocycles. The summed E-state index contributed by atoms with van der Waals surface area (Å²) in [6, 6.07) is 25.8. The SMILES string of the molecule is Cc1ccc(S(=O)(=O)N(CC(=O)N/N=C\c2ccc(OCc3ccccc3Cl)cc2)c2ccccc2F)cc1. The zero-order valence-corrected chi connectivity index (χ0v) is 22.5. The molecule has 0 aliphatic carbocycles. The summed E-state index contributed by atoms with van der Waals surface area (Å²) in [6.07, 6.45) is 1.40. The van der Waals surface area contributed by atoms with E-state index in [-0.39, 0.29) is 10.6 Å². The minimum atomic E-state index is -4.24. The molecule has 10 heteroatoms. The molecule has 0 radical (unpaired) electrons. The lowest BCUT2D eigenvalue weighted by Crippen LogP contribution is -2.40. The minimum Gasteiger partial charge on any atom is -0.489 e. The van der Waals surface area contributed by atoms with Gasteiger partial charge in [0.2, 0.25) is 0 Å². The second-order valence-corrected chi connectivity index (χ2v) is 10.8. The van der Waals surface area contributed by atoms with Crippen LogP contribution in [-0.2, 0) is 21.4 Å². The monoisotopic (exact) mass is 565 g/mol. The first kappa shape index (κ1) is 27.8. The average Bonchev–Trinajstić information content (AvgIpc) is 2.93. The summed E-state index contributed by atoms with van der Waals surface area (Å²) in [6.45, 7) is 1.45. The molecule has 0 unspecified atom stereocenters. The standard InChI is InChI=1S/C29H25ClFN3O4S/c1-21-10-16-25(17-11-21)39(36,37)34(28-9-5-4-8-27(28)31)19-29(35)33-32-18-22-12-14-24(15-13-22)38-20-23-6-2-3-7-26(23)30/h2-18H,19-20H2,1H3,(H,33,35)/b32-18-. The number of hydrazone groups is 1. The number of nitrogens with one attached hydrogen (secondary N) is 1. The maximum atomic E-state index is 14.6. The van der Waals surface area contributed by atoms with Gasteiger partial charge in [0.15, 0.2) is 0 Å². The van der Waals surface area contributed by atoms with Gasteiger partial charge in [-0.2, -0.15) is 5.10 Å². The molecule has 4 aromatic rings. The molecular formula is C29H25ClFN3O4S. The van der Waals surface area contributed by atoms with Gasteiger partial charge in [-0.05, 0) is 67.1 Å². The van der Waals surface area contributed by atoms with Crippen LogP contribution in [0.25, 0.3) is 0 Å². The maximum absolute atomic E-state index is 14.6. The third-order valence-corrected chi connectivity index (χ3v) is 7.80. The lowest BCUT2D eigenvalue weighted by atomic mass is 10.2. The molecule has 200 valence electrons. The van der Waals surface area contributed by atoms with Crippen LogP contribution in [-0.4, -0.2) is 27.1 Å². The Hall–Kier alpha value is -4.21. The highest BCUT2D eigenvalue weighted by molar-refractivity contribution is 7.92. The van der Waals surface area contributed by atoms with E-state index in [0.717, 1.165) is 21.5 Å². The minimum absolute atomic E-state index is 0.0653. The second kappa shape index (κ2) is 12.6. The number of benzene rings is 4. The summed E-state index contributed by atoms with van der Waals surface area (Å²) in [5.41, 5.74) is 4.45. The van der Waals surface area contributed by atoms with Crippen LogP contribution in [0.4, 0.5) is 10.1 Å². The van der Waals surface area contributed by atoms with Crippen LogP contribution in [0, 0.1) is 12.7 Å². The van der Waals surface area contributed by atoms with Crippen molar-refractivity contribution in [2.75, 3.05) is 10.8 Å². The Bertz CT molecular complexity index is 1580. The van der Waals surface area contributed by atoms with Gasteiger partial charge in [0.05, 0.1) is 16.8 Å². The number of nitrogens with zero attached hydrogens (tertiary/aromatic N) is 2. The summed E-state index contributed by atoms with van der Waals surface area (Å²) in [4.78, 5) is 12.6. The number of amides is 1. The summed E-state index contributed by atoms with van der Waals surface area (Å²) in [7, 11) is -4.24. The summed E-state index contributed by atoms with van der Waals surface area (Å²) in [5, 5.41) is 4.54. The highest BCUT2D eigenvalue weighted by Gasteiger charge is 2.29. The maximum Gasteiger partial charge on any atom is 0.264 e. The van der Waals surface area contributed by atoms with Crippen LogP contribution in [0.2, 0.25) is 5.02 Å². The van der Waals surface area contributed by atoms with Gasteiger partial charge < -0.3 is 4.74 Å². The number of rotatable bonds is 10. The number of ether oxygens (including phenoxy) is 1. The smallest absolute Gasteiger partial charge is 0.264 e. The Morgan fingerprint density at radius 1 is 0.974 bits per heavy atom. The summed E-state index contributed by atoms with van der Waals surface area (Å²) < 4.78 is 47.8. The van der Waals surface area contributed by atoms with Crippen LogP contribution in [0.5, 0.6) is 5.75 Å². The van der Waals surface area contributed by atoms with Gasteiger partial charge in [-0.1, -0.05) is 59.6 Å². The molecule has 7 nitrogen and oxygen atoms in total. The molecule has 0 fully saturated rings. The number of carbonyl (C=O) groups is 1. The quantitative estimate of drug-likeness (QED) is 0.197. The Morgan fingerprint density at radius 3 is 2.33 bits per heavy atom. The number of hydrogen-bond acceptors (Lipinski definition) is 5. The summed E-state index contributed by atoms with van der Waals surface area (Å²) in [5.74, 6) is -0.899. The Kier molecular flexibility index (Phi) is 8.96. The van der Waals surface area contributed by atoms with Crippen molar-refractivity contribution in [3.05, 3.63) is 125 Å². The van der Waals surface area contributed by atoms with E-state index in [1.54, 1.807) is 42.5 Å². The van der Waals surface area contributed by atoms with E-state index in [4.69, 9.17) is 16.3 Å². The van der Waals surface area contributed by atoms with Crippen LogP contribution in [0.1, 0.15) is 16.7 Å². The van der Waals surface area contributed by atoms with Crippen molar-refractivity contribution in [1.29, 1.82) is 0 Å². The number of carbonyl (C=O) groups excluding carboxylic acids is 1. The van der Waals surface area contributed by atoms with Gasteiger partial charge >= 0.3 is 0 Å². The number of aryl methyl sites for hydroxylation is 1. The average molecular weight is 566 g/mol. The fourth-order valence-electron chi connectivity index (χ4n) is 3.56. The largest absolute Gasteiger partial charge is 0.489 e. The van der Waals surface area contributed by atoms with E-state index in [9.17, 15) is 17.6 Å². The predicted molar refractivity (Wildman–Crippen MR) is 150 cm³/mol. The third kappa shape index (κ3) is 7.22. The third-order valence-electron chi connectivity index (χ3n) is 5.65. The van der Waals surface area contributed by atoms with Gasteiger partial charge in [-0.3, -0.25) is 9.10 Å². The molecule has 1 N–H and O–H groups in total. The zero-order chi connectivity index (χ0) is 27.8. The highest BCUT2D eigenvalue weighted by Crippen LogP contribution is 2.26. The Morgan fingerprint density at radius 2 is 1.64 bits per heavy atom. The van der Waals surface area contributed by atoms with Crippen molar-refractivity contribution >= 4 is 39.4 Å². The normalized spacial score (nSPS) is 11.4. The number of sulfonamides is 1. The number of halogens is 2. The molecule has 0 heterocycles. The molecule has 0 bridgehead atoms. The predicted octanol–water partition coefficient (Wildman–Crippen LogP) is 5.71. The molecule has 1 amide bonds. The van der Waals surface area contributed by atoms with Crippen molar-refractivity contribution in [2.45, 2.75) is 18.4 Å². The van der Waals surface area contributed by atoms with Crippen molar-refractivity contribution in [1.82, 2.24) is 5.43 Å². The first-order chi connectivity index (χ1) is 18.7.